The van der Waals surface area contributed by atoms with E-state index in [-0.39, 0.29) is 23.1 Å². The van der Waals surface area contributed by atoms with Gasteiger partial charge in [-0.15, -0.1) is 0 Å². The van der Waals surface area contributed by atoms with Crippen molar-refractivity contribution in [2.45, 2.75) is 25.2 Å². The molecule has 0 radical (unpaired) electrons. The molecule has 2 aromatic rings. The van der Waals surface area contributed by atoms with Crippen LogP contribution in [0.3, 0.4) is 0 Å². The number of sulfonamides is 1. The number of aryl methyl sites for hydroxylation is 1. The van der Waals surface area contributed by atoms with E-state index < -0.39 is 10.0 Å². The first-order valence-electron chi connectivity index (χ1n) is 7.92. The van der Waals surface area contributed by atoms with Gasteiger partial charge in [0, 0.05) is 25.3 Å². The van der Waals surface area contributed by atoms with Crippen LogP contribution in [0, 0.1) is 6.92 Å². The van der Waals surface area contributed by atoms with Crippen LogP contribution in [0.15, 0.2) is 47.4 Å². The molecule has 2 aromatic carbocycles. The highest BCUT2D eigenvalue weighted by Crippen LogP contribution is 2.22. The van der Waals surface area contributed by atoms with Gasteiger partial charge in [-0.05, 0) is 48.4 Å². The molecule has 0 fully saturated rings. The van der Waals surface area contributed by atoms with Crippen LogP contribution >= 0.6 is 0 Å². The number of carbonyl (C=O) groups excluding carboxylic acids is 2. The number of hydrogen-bond acceptors (Lipinski definition) is 4. The number of rotatable bonds is 6. The Bertz CT molecular complexity index is 922. The van der Waals surface area contributed by atoms with Crippen LogP contribution < -0.4 is 15.4 Å². The van der Waals surface area contributed by atoms with Crippen molar-refractivity contribution in [1.29, 1.82) is 0 Å². The van der Waals surface area contributed by atoms with Crippen LogP contribution in [0.25, 0.3) is 0 Å². The molecule has 0 saturated heterocycles. The second-order valence-corrected chi connectivity index (χ2v) is 7.46. The van der Waals surface area contributed by atoms with Crippen LogP contribution in [0.4, 0.5) is 11.4 Å². The summed E-state index contributed by atoms with van der Waals surface area (Å²) < 4.78 is 27.7. The fraction of sp³-hybridized carbons (Fsp3) is 0.222. The van der Waals surface area contributed by atoms with Crippen molar-refractivity contribution in [2.24, 2.45) is 0 Å². The average Bonchev–Trinajstić information content (AvgIpc) is 2.55. The third kappa shape index (κ3) is 5.06. The standard InChI is InChI=1S/C18H21N3O4S/c1-12-10-16(20-13(2)22)8-9-17(12)26(24,25)21-15-6-4-14(5-7-15)11-18(23)19-3/h4-10,21H,11H2,1-3H3,(H,19,23)(H,20,22). The van der Waals surface area contributed by atoms with Gasteiger partial charge in [0.1, 0.15) is 0 Å². The van der Waals surface area contributed by atoms with E-state index in [0.29, 0.717) is 16.9 Å². The van der Waals surface area contributed by atoms with Crippen molar-refractivity contribution < 1.29 is 18.0 Å². The molecule has 0 aliphatic rings. The minimum absolute atomic E-state index is 0.117. The lowest BCUT2D eigenvalue weighted by Crippen LogP contribution is -2.20. The molecular weight excluding hydrogens is 354 g/mol. The average molecular weight is 375 g/mol. The second-order valence-electron chi connectivity index (χ2n) is 5.81. The van der Waals surface area contributed by atoms with Gasteiger partial charge < -0.3 is 10.6 Å². The molecule has 26 heavy (non-hydrogen) atoms. The topological polar surface area (TPSA) is 104 Å². The molecule has 7 nitrogen and oxygen atoms in total. The van der Waals surface area contributed by atoms with Gasteiger partial charge >= 0.3 is 0 Å². The van der Waals surface area contributed by atoms with E-state index in [4.69, 9.17) is 0 Å². The van der Waals surface area contributed by atoms with Crippen molar-refractivity contribution in [1.82, 2.24) is 5.32 Å². The number of benzene rings is 2. The summed E-state index contributed by atoms with van der Waals surface area (Å²) >= 11 is 0. The summed E-state index contributed by atoms with van der Waals surface area (Å²) in [7, 11) is -2.21. The van der Waals surface area contributed by atoms with Gasteiger partial charge in [0.2, 0.25) is 11.8 Å². The second kappa shape index (κ2) is 8.01. The van der Waals surface area contributed by atoms with Crippen LogP contribution in [0.2, 0.25) is 0 Å². The van der Waals surface area contributed by atoms with E-state index in [9.17, 15) is 18.0 Å². The molecule has 2 amide bonds. The normalized spacial score (nSPS) is 10.9. The van der Waals surface area contributed by atoms with Crippen molar-refractivity contribution >= 4 is 33.2 Å². The van der Waals surface area contributed by atoms with Crippen molar-refractivity contribution in [3.05, 3.63) is 53.6 Å². The largest absolute Gasteiger partial charge is 0.359 e. The number of carbonyl (C=O) groups is 2. The lowest BCUT2D eigenvalue weighted by Gasteiger charge is -2.12. The number of anilines is 2. The zero-order chi connectivity index (χ0) is 19.3. The molecule has 0 heterocycles. The maximum atomic E-state index is 12.6. The summed E-state index contributed by atoms with van der Waals surface area (Å²) in [6.07, 6.45) is 0.229. The third-order valence-corrected chi connectivity index (χ3v) is 5.18. The number of nitrogens with one attached hydrogen (secondary N) is 3. The van der Waals surface area contributed by atoms with Gasteiger partial charge in [-0.1, -0.05) is 12.1 Å². The molecule has 0 unspecified atom stereocenters. The molecule has 0 aromatic heterocycles. The third-order valence-electron chi connectivity index (χ3n) is 3.63. The maximum absolute atomic E-state index is 12.6. The Labute approximate surface area is 152 Å². The van der Waals surface area contributed by atoms with Gasteiger partial charge in [-0.2, -0.15) is 0 Å². The van der Waals surface area contributed by atoms with E-state index >= 15 is 0 Å². The van der Waals surface area contributed by atoms with Gasteiger partial charge in [-0.25, -0.2) is 8.42 Å². The number of amides is 2. The van der Waals surface area contributed by atoms with Crippen molar-refractivity contribution in [2.75, 3.05) is 17.1 Å². The predicted molar refractivity (Wildman–Crippen MR) is 101 cm³/mol. The maximum Gasteiger partial charge on any atom is 0.262 e. The lowest BCUT2D eigenvalue weighted by molar-refractivity contribution is -0.120. The minimum Gasteiger partial charge on any atom is -0.359 e. The molecular formula is C18H21N3O4S. The summed E-state index contributed by atoms with van der Waals surface area (Å²) in [6, 6.07) is 11.2. The quantitative estimate of drug-likeness (QED) is 0.719. The lowest BCUT2D eigenvalue weighted by atomic mass is 10.1. The predicted octanol–water partition coefficient (Wildman–Crippen LogP) is 2.04. The number of likely N-dealkylation sites (N-methyl/N-ethyl adjacent to an activating group) is 1. The Hall–Kier alpha value is -2.87. The van der Waals surface area contributed by atoms with Crippen molar-refractivity contribution in [3.63, 3.8) is 0 Å². The fourth-order valence-electron chi connectivity index (χ4n) is 2.41. The van der Waals surface area contributed by atoms with E-state index in [1.165, 1.54) is 19.1 Å². The minimum atomic E-state index is -3.77. The Morgan fingerprint density at radius 3 is 2.15 bits per heavy atom. The zero-order valence-corrected chi connectivity index (χ0v) is 15.6. The van der Waals surface area contributed by atoms with E-state index in [0.717, 1.165) is 5.56 Å². The first-order valence-corrected chi connectivity index (χ1v) is 9.40. The Balaban J connectivity index is 2.18. The first kappa shape index (κ1) is 19.5. The van der Waals surface area contributed by atoms with Crippen LogP contribution in [-0.4, -0.2) is 27.3 Å². The van der Waals surface area contributed by atoms with E-state index in [2.05, 4.69) is 15.4 Å². The van der Waals surface area contributed by atoms with Gasteiger partial charge in [0.05, 0.1) is 11.3 Å². The summed E-state index contributed by atoms with van der Waals surface area (Å²) in [5.41, 5.74) is 2.23. The van der Waals surface area contributed by atoms with Crippen molar-refractivity contribution in [3.8, 4) is 0 Å². The summed E-state index contributed by atoms with van der Waals surface area (Å²) in [4.78, 5) is 22.6. The molecule has 3 N–H and O–H groups in total. The molecule has 0 bridgehead atoms. The highest BCUT2D eigenvalue weighted by molar-refractivity contribution is 7.92. The van der Waals surface area contributed by atoms with Crippen LogP contribution in [0.1, 0.15) is 18.1 Å². The molecule has 2 rings (SSSR count). The van der Waals surface area contributed by atoms with Gasteiger partial charge in [-0.3, -0.25) is 14.3 Å². The SMILES string of the molecule is CNC(=O)Cc1ccc(NS(=O)(=O)c2ccc(NC(C)=O)cc2C)cc1. The first-order chi connectivity index (χ1) is 12.2. The summed E-state index contributed by atoms with van der Waals surface area (Å²) in [5.74, 6) is -0.344. The summed E-state index contributed by atoms with van der Waals surface area (Å²) in [5, 5.41) is 5.15. The highest BCUT2D eigenvalue weighted by Gasteiger charge is 2.17. The van der Waals surface area contributed by atoms with Crippen LogP contribution in [-0.2, 0) is 26.0 Å². The van der Waals surface area contributed by atoms with E-state index in [1.54, 1.807) is 44.3 Å². The highest BCUT2D eigenvalue weighted by atomic mass is 32.2. The smallest absolute Gasteiger partial charge is 0.262 e. The molecule has 0 aliphatic carbocycles. The molecule has 138 valence electrons. The van der Waals surface area contributed by atoms with Crippen LogP contribution in [0.5, 0.6) is 0 Å². The van der Waals surface area contributed by atoms with Gasteiger partial charge in [0.25, 0.3) is 10.0 Å². The monoisotopic (exact) mass is 375 g/mol. The Kier molecular flexibility index (Phi) is 5.99. The molecule has 0 spiro atoms. The number of hydrogen-bond donors (Lipinski definition) is 3. The molecule has 0 atom stereocenters. The molecule has 0 saturated carbocycles. The Morgan fingerprint density at radius 2 is 1.62 bits per heavy atom. The fourth-order valence-corrected chi connectivity index (χ4v) is 3.69. The zero-order valence-electron chi connectivity index (χ0n) is 14.8. The van der Waals surface area contributed by atoms with E-state index in [1.807, 2.05) is 0 Å². The molecule has 8 heteroatoms. The molecule has 0 aliphatic heterocycles. The van der Waals surface area contributed by atoms with Gasteiger partial charge in [0.15, 0.2) is 0 Å². The summed E-state index contributed by atoms with van der Waals surface area (Å²) in [6.45, 7) is 3.04. The Morgan fingerprint density at radius 1 is 1.00 bits per heavy atom.